The van der Waals surface area contributed by atoms with Crippen LogP contribution in [0.15, 0.2) is 18.2 Å². The van der Waals surface area contributed by atoms with Crippen molar-refractivity contribution in [1.82, 2.24) is 5.32 Å². The highest BCUT2D eigenvalue weighted by Gasteiger charge is 2.26. The average Bonchev–Trinajstić information content (AvgIpc) is 2.22. The van der Waals surface area contributed by atoms with E-state index in [-0.39, 0.29) is 0 Å². The van der Waals surface area contributed by atoms with Gasteiger partial charge in [-0.05, 0) is 44.0 Å². The maximum atomic E-state index is 10.4. The van der Waals surface area contributed by atoms with Gasteiger partial charge in [-0.2, -0.15) is 0 Å². The topological polar surface area (TPSA) is 32.3 Å². The van der Waals surface area contributed by atoms with E-state index in [4.69, 9.17) is 0 Å². The molecule has 1 aromatic rings. The molecule has 0 radical (unpaired) electrons. The van der Waals surface area contributed by atoms with E-state index in [0.717, 1.165) is 12.0 Å². The monoisotopic (exact) mass is 207 g/mol. The lowest BCUT2D eigenvalue weighted by atomic mass is 9.89. The zero-order valence-corrected chi connectivity index (χ0v) is 10.1. The number of hydrogen-bond acceptors (Lipinski definition) is 2. The Balaban J connectivity index is 3.07. The Kier molecular flexibility index (Phi) is 3.89. The van der Waals surface area contributed by atoms with Crippen LogP contribution in [0.3, 0.4) is 0 Å². The van der Waals surface area contributed by atoms with Crippen LogP contribution in [0.5, 0.6) is 0 Å². The van der Waals surface area contributed by atoms with E-state index < -0.39 is 5.60 Å². The van der Waals surface area contributed by atoms with Crippen LogP contribution in [0.25, 0.3) is 0 Å². The zero-order chi connectivity index (χ0) is 11.5. The number of aliphatic hydroxyl groups is 1. The Bertz CT molecular complexity index is 335. The molecule has 1 aromatic carbocycles. The summed E-state index contributed by atoms with van der Waals surface area (Å²) in [7, 11) is 1.86. The molecule has 0 aromatic heterocycles. The maximum Gasteiger partial charge on any atom is 0.102 e. The standard InChI is InChI=1S/C13H21NO/c1-5-13(15,9-14-4)12-7-6-10(2)11(3)8-12/h6-8,14-15H,5,9H2,1-4H3. The molecule has 0 aliphatic carbocycles. The van der Waals surface area contributed by atoms with Gasteiger partial charge >= 0.3 is 0 Å². The highest BCUT2D eigenvalue weighted by Crippen LogP contribution is 2.25. The van der Waals surface area contributed by atoms with E-state index in [2.05, 4.69) is 31.3 Å². The first-order chi connectivity index (χ1) is 7.03. The first-order valence-corrected chi connectivity index (χ1v) is 5.48. The fourth-order valence-corrected chi connectivity index (χ4v) is 1.75. The van der Waals surface area contributed by atoms with Crippen LogP contribution in [-0.2, 0) is 5.60 Å². The number of nitrogens with one attached hydrogen (secondary N) is 1. The van der Waals surface area contributed by atoms with Crippen molar-refractivity contribution in [3.05, 3.63) is 34.9 Å². The Morgan fingerprint density at radius 2 is 1.93 bits per heavy atom. The molecule has 2 N–H and O–H groups in total. The minimum Gasteiger partial charge on any atom is -0.384 e. The van der Waals surface area contributed by atoms with Crippen molar-refractivity contribution in [3.63, 3.8) is 0 Å². The van der Waals surface area contributed by atoms with Crippen molar-refractivity contribution in [2.45, 2.75) is 32.8 Å². The van der Waals surface area contributed by atoms with E-state index in [1.54, 1.807) is 0 Å². The lowest BCUT2D eigenvalue weighted by Gasteiger charge is -2.27. The van der Waals surface area contributed by atoms with E-state index in [0.29, 0.717) is 6.54 Å². The summed E-state index contributed by atoms with van der Waals surface area (Å²) in [6.07, 6.45) is 0.719. The molecule has 1 unspecified atom stereocenters. The molecule has 0 amide bonds. The minimum absolute atomic E-state index is 0.589. The van der Waals surface area contributed by atoms with Gasteiger partial charge in [-0.3, -0.25) is 0 Å². The van der Waals surface area contributed by atoms with Gasteiger partial charge in [0.05, 0.1) is 0 Å². The first-order valence-electron chi connectivity index (χ1n) is 5.48. The lowest BCUT2D eigenvalue weighted by Crippen LogP contribution is -2.36. The Hall–Kier alpha value is -0.860. The number of aryl methyl sites for hydroxylation is 2. The molecule has 0 bridgehead atoms. The summed E-state index contributed by atoms with van der Waals surface area (Å²) in [4.78, 5) is 0. The van der Waals surface area contributed by atoms with Gasteiger partial charge < -0.3 is 10.4 Å². The van der Waals surface area contributed by atoms with Gasteiger partial charge in [0.25, 0.3) is 0 Å². The molecular weight excluding hydrogens is 186 g/mol. The summed E-state index contributed by atoms with van der Waals surface area (Å²) in [5.74, 6) is 0. The summed E-state index contributed by atoms with van der Waals surface area (Å²) >= 11 is 0. The zero-order valence-electron chi connectivity index (χ0n) is 10.1. The summed E-state index contributed by atoms with van der Waals surface area (Å²) < 4.78 is 0. The van der Waals surface area contributed by atoms with Gasteiger partial charge in [0, 0.05) is 6.54 Å². The summed E-state index contributed by atoms with van der Waals surface area (Å²) in [6, 6.07) is 6.17. The van der Waals surface area contributed by atoms with Gasteiger partial charge in [0.15, 0.2) is 0 Å². The molecule has 0 spiro atoms. The molecular formula is C13H21NO. The largest absolute Gasteiger partial charge is 0.384 e. The minimum atomic E-state index is -0.743. The van der Waals surface area contributed by atoms with Gasteiger partial charge in [0.1, 0.15) is 5.60 Å². The van der Waals surface area contributed by atoms with Gasteiger partial charge in [-0.1, -0.05) is 25.1 Å². The van der Waals surface area contributed by atoms with E-state index in [9.17, 15) is 5.11 Å². The average molecular weight is 207 g/mol. The Morgan fingerprint density at radius 1 is 1.27 bits per heavy atom. The summed E-state index contributed by atoms with van der Waals surface area (Å²) in [6.45, 7) is 6.76. The Morgan fingerprint density at radius 3 is 2.40 bits per heavy atom. The molecule has 0 heterocycles. The van der Waals surface area contributed by atoms with E-state index >= 15 is 0 Å². The first kappa shape index (κ1) is 12.2. The number of benzene rings is 1. The number of rotatable bonds is 4. The second-order valence-electron chi connectivity index (χ2n) is 4.21. The highest BCUT2D eigenvalue weighted by molar-refractivity contribution is 5.33. The van der Waals surface area contributed by atoms with Crippen molar-refractivity contribution in [1.29, 1.82) is 0 Å². The molecule has 0 aliphatic heterocycles. The molecule has 0 aliphatic rings. The molecule has 0 saturated carbocycles. The molecule has 0 saturated heterocycles. The van der Waals surface area contributed by atoms with Crippen molar-refractivity contribution in [2.24, 2.45) is 0 Å². The van der Waals surface area contributed by atoms with Gasteiger partial charge in [0.2, 0.25) is 0 Å². The number of hydrogen-bond donors (Lipinski definition) is 2. The Labute approximate surface area is 92.3 Å². The molecule has 84 valence electrons. The quantitative estimate of drug-likeness (QED) is 0.792. The van der Waals surface area contributed by atoms with Crippen LogP contribution >= 0.6 is 0 Å². The van der Waals surface area contributed by atoms with Gasteiger partial charge in [-0.25, -0.2) is 0 Å². The molecule has 1 rings (SSSR count). The van der Waals surface area contributed by atoms with Crippen LogP contribution < -0.4 is 5.32 Å². The van der Waals surface area contributed by atoms with Crippen LogP contribution in [-0.4, -0.2) is 18.7 Å². The van der Waals surface area contributed by atoms with Crippen molar-refractivity contribution in [2.75, 3.05) is 13.6 Å². The predicted octanol–water partition coefficient (Wildman–Crippen LogP) is 2.12. The third kappa shape index (κ3) is 2.58. The van der Waals surface area contributed by atoms with Crippen molar-refractivity contribution >= 4 is 0 Å². The lowest BCUT2D eigenvalue weighted by molar-refractivity contribution is 0.0346. The molecule has 2 nitrogen and oxygen atoms in total. The summed E-state index contributed by atoms with van der Waals surface area (Å²) in [5.41, 5.74) is 2.76. The van der Waals surface area contributed by atoms with Crippen molar-refractivity contribution in [3.8, 4) is 0 Å². The van der Waals surface area contributed by atoms with E-state index in [1.807, 2.05) is 20.0 Å². The molecule has 2 heteroatoms. The smallest absolute Gasteiger partial charge is 0.102 e. The van der Waals surface area contributed by atoms with Crippen LogP contribution in [0.4, 0.5) is 0 Å². The highest BCUT2D eigenvalue weighted by atomic mass is 16.3. The van der Waals surface area contributed by atoms with Gasteiger partial charge in [-0.15, -0.1) is 0 Å². The molecule has 0 fully saturated rings. The molecule has 1 atom stereocenters. The third-order valence-corrected chi connectivity index (χ3v) is 3.10. The predicted molar refractivity (Wildman–Crippen MR) is 64.0 cm³/mol. The third-order valence-electron chi connectivity index (χ3n) is 3.10. The second kappa shape index (κ2) is 4.77. The van der Waals surface area contributed by atoms with Crippen LogP contribution in [0.1, 0.15) is 30.0 Å². The van der Waals surface area contributed by atoms with Crippen molar-refractivity contribution < 1.29 is 5.11 Å². The summed E-state index contributed by atoms with van der Waals surface area (Å²) in [5, 5.41) is 13.5. The maximum absolute atomic E-state index is 10.4. The fraction of sp³-hybridized carbons (Fsp3) is 0.538. The SMILES string of the molecule is CCC(O)(CNC)c1ccc(C)c(C)c1. The normalized spacial score (nSPS) is 15.0. The second-order valence-corrected chi connectivity index (χ2v) is 4.21. The van der Waals surface area contributed by atoms with Crippen LogP contribution in [0, 0.1) is 13.8 Å². The van der Waals surface area contributed by atoms with E-state index in [1.165, 1.54) is 11.1 Å². The fourth-order valence-electron chi connectivity index (χ4n) is 1.75. The molecule has 15 heavy (non-hydrogen) atoms. The number of likely N-dealkylation sites (N-methyl/N-ethyl adjacent to an activating group) is 1. The van der Waals surface area contributed by atoms with Crippen LogP contribution in [0.2, 0.25) is 0 Å².